The molecule has 29 heavy (non-hydrogen) atoms. The highest BCUT2D eigenvalue weighted by atomic mass is 16.2. The van der Waals surface area contributed by atoms with E-state index in [-0.39, 0.29) is 17.7 Å². The number of rotatable bonds is 8. The van der Waals surface area contributed by atoms with Gasteiger partial charge >= 0.3 is 0 Å². The number of piperidine rings is 1. The average Bonchev–Trinajstić information content (AvgIpc) is 2.69. The molecule has 1 aromatic carbocycles. The zero-order valence-corrected chi connectivity index (χ0v) is 18.3. The standard InChI is InChI=1S/C23H34N4O2/c1-5-26(6-2)23(29)20-8-12-25(13-9-20)17-22(28)27(11-7-10-24)21-15-18(3)14-19(4)16-21/h14-16,20H,5-9,11-13,17H2,1-4H3. The van der Waals surface area contributed by atoms with Crippen molar-refractivity contribution in [2.24, 2.45) is 5.92 Å². The van der Waals surface area contributed by atoms with Crippen molar-refractivity contribution in [3.8, 4) is 6.07 Å². The van der Waals surface area contributed by atoms with Crippen LogP contribution >= 0.6 is 0 Å². The van der Waals surface area contributed by atoms with E-state index < -0.39 is 0 Å². The van der Waals surface area contributed by atoms with Crippen molar-refractivity contribution in [3.05, 3.63) is 29.3 Å². The lowest BCUT2D eigenvalue weighted by Gasteiger charge is -2.34. The predicted octanol–water partition coefficient (Wildman–Crippen LogP) is 3.13. The lowest BCUT2D eigenvalue weighted by Crippen LogP contribution is -2.46. The Morgan fingerprint density at radius 1 is 1.10 bits per heavy atom. The fraction of sp³-hybridized carbons (Fsp3) is 0.609. The fourth-order valence-electron chi connectivity index (χ4n) is 4.07. The molecule has 0 saturated carbocycles. The molecule has 6 heteroatoms. The number of nitrogens with zero attached hydrogens (tertiary/aromatic N) is 4. The molecule has 1 aromatic rings. The van der Waals surface area contributed by atoms with E-state index in [9.17, 15) is 9.59 Å². The van der Waals surface area contributed by atoms with E-state index in [0.717, 1.165) is 55.8 Å². The van der Waals surface area contributed by atoms with Gasteiger partial charge in [-0.05, 0) is 76.9 Å². The Balaban J connectivity index is 2.00. The molecule has 1 aliphatic heterocycles. The summed E-state index contributed by atoms with van der Waals surface area (Å²) < 4.78 is 0. The SMILES string of the molecule is CCN(CC)C(=O)C1CCN(CC(=O)N(CCC#N)c2cc(C)cc(C)c2)CC1. The summed E-state index contributed by atoms with van der Waals surface area (Å²) in [7, 11) is 0. The molecule has 0 aromatic heterocycles. The molecule has 1 heterocycles. The molecule has 0 aliphatic carbocycles. The molecule has 0 bridgehead atoms. The molecule has 1 saturated heterocycles. The third-order valence-electron chi connectivity index (χ3n) is 5.64. The van der Waals surface area contributed by atoms with Crippen molar-refractivity contribution in [1.29, 1.82) is 5.26 Å². The monoisotopic (exact) mass is 398 g/mol. The number of carbonyl (C=O) groups is 2. The molecule has 0 radical (unpaired) electrons. The quantitative estimate of drug-likeness (QED) is 0.675. The zero-order valence-electron chi connectivity index (χ0n) is 18.3. The van der Waals surface area contributed by atoms with Gasteiger partial charge in [0.25, 0.3) is 0 Å². The molecular formula is C23H34N4O2. The highest BCUT2D eigenvalue weighted by Gasteiger charge is 2.29. The van der Waals surface area contributed by atoms with Crippen molar-refractivity contribution in [2.45, 2.75) is 47.0 Å². The largest absolute Gasteiger partial charge is 0.343 e. The van der Waals surface area contributed by atoms with E-state index in [1.807, 2.05) is 44.7 Å². The number of benzene rings is 1. The maximum Gasteiger partial charge on any atom is 0.241 e. The van der Waals surface area contributed by atoms with Crippen LogP contribution in [0.2, 0.25) is 0 Å². The van der Waals surface area contributed by atoms with Crippen molar-refractivity contribution in [1.82, 2.24) is 9.80 Å². The average molecular weight is 399 g/mol. The fourth-order valence-corrected chi connectivity index (χ4v) is 4.07. The number of aryl methyl sites for hydroxylation is 2. The predicted molar refractivity (Wildman–Crippen MR) is 116 cm³/mol. The summed E-state index contributed by atoms with van der Waals surface area (Å²) in [6.07, 6.45) is 1.90. The Hall–Kier alpha value is -2.39. The minimum absolute atomic E-state index is 0.0127. The first-order chi connectivity index (χ1) is 13.9. The zero-order chi connectivity index (χ0) is 21.4. The number of nitriles is 1. The van der Waals surface area contributed by atoms with E-state index in [0.29, 0.717) is 19.5 Å². The van der Waals surface area contributed by atoms with Crippen LogP contribution < -0.4 is 4.90 Å². The maximum absolute atomic E-state index is 13.1. The minimum Gasteiger partial charge on any atom is -0.343 e. The van der Waals surface area contributed by atoms with Crippen LogP contribution in [0.4, 0.5) is 5.69 Å². The van der Waals surface area contributed by atoms with E-state index in [1.54, 1.807) is 4.90 Å². The van der Waals surface area contributed by atoms with Crippen molar-refractivity contribution >= 4 is 17.5 Å². The van der Waals surface area contributed by atoms with Crippen LogP contribution in [-0.4, -0.2) is 60.9 Å². The lowest BCUT2D eigenvalue weighted by molar-refractivity contribution is -0.136. The van der Waals surface area contributed by atoms with Crippen LogP contribution in [0.3, 0.4) is 0 Å². The van der Waals surface area contributed by atoms with Crippen LogP contribution in [0.25, 0.3) is 0 Å². The summed E-state index contributed by atoms with van der Waals surface area (Å²) in [6.45, 7) is 11.8. The van der Waals surface area contributed by atoms with Crippen LogP contribution in [0.5, 0.6) is 0 Å². The molecule has 6 nitrogen and oxygen atoms in total. The highest BCUT2D eigenvalue weighted by Crippen LogP contribution is 2.22. The van der Waals surface area contributed by atoms with Crippen LogP contribution in [0.1, 0.15) is 44.2 Å². The third kappa shape index (κ3) is 6.30. The van der Waals surface area contributed by atoms with Crippen LogP contribution in [-0.2, 0) is 9.59 Å². The summed E-state index contributed by atoms with van der Waals surface area (Å²) in [5.41, 5.74) is 3.06. The lowest BCUT2D eigenvalue weighted by atomic mass is 9.95. The number of anilines is 1. The van der Waals surface area contributed by atoms with E-state index in [2.05, 4.69) is 17.0 Å². The Kier molecular flexibility index (Phi) is 8.66. The summed E-state index contributed by atoms with van der Waals surface area (Å²) >= 11 is 0. The van der Waals surface area contributed by atoms with Crippen molar-refractivity contribution in [2.75, 3.05) is 44.2 Å². The van der Waals surface area contributed by atoms with E-state index in [4.69, 9.17) is 5.26 Å². The second-order valence-corrected chi connectivity index (χ2v) is 7.86. The number of likely N-dealkylation sites (tertiary alicyclic amines) is 1. The molecule has 2 rings (SSSR count). The van der Waals surface area contributed by atoms with Gasteiger partial charge in [0.2, 0.25) is 11.8 Å². The number of hydrogen-bond donors (Lipinski definition) is 0. The third-order valence-corrected chi connectivity index (χ3v) is 5.64. The summed E-state index contributed by atoms with van der Waals surface area (Å²) in [5, 5.41) is 9.01. The molecule has 0 spiro atoms. The van der Waals surface area contributed by atoms with Crippen molar-refractivity contribution < 1.29 is 9.59 Å². The molecule has 0 N–H and O–H groups in total. The number of amides is 2. The first-order valence-electron chi connectivity index (χ1n) is 10.7. The highest BCUT2D eigenvalue weighted by molar-refractivity contribution is 5.95. The summed E-state index contributed by atoms with van der Waals surface area (Å²) in [6, 6.07) is 8.22. The van der Waals surface area contributed by atoms with Gasteiger partial charge in [-0.15, -0.1) is 0 Å². The van der Waals surface area contributed by atoms with Gasteiger partial charge in [0, 0.05) is 31.2 Å². The van der Waals surface area contributed by atoms with Gasteiger partial charge < -0.3 is 9.80 Å². The molecule has 1 aliphatic rings. The van der Waals surface area contributed by atoms with Gasteiger partial charge in [-0.2, -0.15) is 5.26 Å². The van der Waals surface area contributed by atoms with E-state index >= 15 is 0 Å². The van der Waals surface area contributed by atoms with Gasteiger partial charge in [-0.1, -0.05) is 6.07 Å². The Bertz CT molecular complexity index is 723. The van der Waals surface area contributed by atoms with E-state index in [1.165, 1.54) is 0 Å². The molecule has 158 valence electrons. The van der Waals surface area contributed by atoms with Gasteiger partial charge in [-0.3, -0.25) is 14.5 Å². The Morgan fingerprint density at radius 2 is 1.69 bits per heavy atom. The molecule has 2 amide bonds. The van der Waals surface area contributed by atoms with Crippen LogP contribution in [0, 0.1) is 31.1 Å². The summed E-state index contributed by atoms with van der Waals surface area (Å²) in [5.74, 6) is 0.320. The first-order valence-corrected chi connectivity index (χ1v) is 10.7. The van der Waals surface area contributed by atoms with Gasteiger partial charge in [0.15, 0.2) is 0 Å². The summed E-state index contributed by atoms with van der Waals surface area (Å²) in [4.78, 5) is 31.4. The van der Waals surface area contributed by atoms with Crippen LogP contribution in [0.15, 0.2) is 18.2 Å². The number of hydrogen-bond acceptors (Lipinski definition) is 4. The molecule has 0 unspecified atom stereocenters. The first kappa shape index (κ1) is 22.9. The van der Waals surface area contributed by atoms with Gasteiger partial charge in [0.05, 0.1) is 19.0 Å². The topological polar surface area (TPSA) is 67.7 Å². The number of carbonyl (C=O) groups excluding carboxylic acids is 2. The van der Waals surface area contributed by atoms with Gasteiger partial charge in [-0.25, -0.2) is 0 Å². The Morgan fingerprint density at radius 3 is 2.21 bits per heavy atom. The van der Waals surface area contributed by atoms with Crippen molar-refractivity contribution in [3.63, 3.8) is 0 Å². The smallest absolute Gasteiger partial charge is 0.241 e. The van der Waals surface area contributed by atoms with Gasteiger partial charge in [0.1, 0.15) is 0 Å². The normalized spacial score (nSPS) is 15.0. The second kappa shape index (κ2) is 11.0. The second-order valence-electron chi connectivity index (χ2n) is 7.86. The molecule has 0 atom stereocenters. The minimum atomic E-state index is 0.0127. The molecular weight excluding hydrogens is 364 g/mol. The Labute approximate surface area is 175 Å². The maximum atomic E-state index is 13.1. The molecule has 1 fully saturated rings.